The lowest BCUT2D eigenvalue weighted by molar-refractivity contribution is 0.297. The maximum Gasteiger partial charge on any atom is 0.119 e. The third-order valence-corrected chi connectivity index (χ3v) is 3.95. The van der Waals surface area contributed by atoms with Gasteiger partial charge in [0.1, 0.15) is 12.4 Å². The van der Waals surface area contributed by atoms with Gasteiger partial charge in [-0.3, -0.25) is 0 Å². The SMILES string of the molecule is CNC1CCCc2cc(OCCn3ccnc3)ccc21. The number of hydrogen-bond donors (Lipinski definition) is 1. The number of rotatable bonds is 5. The van der Waals surface area contributed by atoms with E-state index in [-0.39, 0.29) is 0 Å². The summed E-state index contributed by atoms with van der Waals surface area (Å²) < 4.78 is 7.87. The second kappa shape index (κ2) is 6.09. The van der Waals surface area contributed by atoms with Crippen LogP contribution in [0.4, 0.5) is 0 Å². The van der Waals surface area contributed by atoms with Gasteiger partial charge >= 0.3 is 0 Å². The molecule has 0 radical (unpaired) electrons. The molecule has 1 N–H and O–H groups in total. The van der Waals surface area contributed by atoms with Crippen molar-refractivity contribution in [3.8, 4) is 5.75 Å². The maximum atomic E-state index is 5.85. The van der Waals surface area contributed by atoms with E-state index in [4.69, 9.17) is 4.74 Å². The summed E-state index contributed by atoms with van der Waals surface area (Å²) in [6.45, 7) is 1.50. The van der Waals surface area contributed by atoms with Crippen molar-refractivity contribution in [3.05, 3.63) is 48.0 Å². The molecule has 0 spiro atoms. The molecule has 1 atom stereocenters. The average Bonchev–Trinajstić information content (AvgIpc) is 2.99. The van der Waals surface area contributed by atoms with Gasteiger partial charge in [-0.05, 0) is 49.6 Å². The molecule has 1 aliphatic carbocycles. The van der Waals surface area contributed by atoms with Crippen molar-refractivity contribution in [3.63, 3.8) is 0 Å². The monoisotopic (exact) mass is 271 g/mol. The first-order valence-corrected chi connectivity index (χ1v) is 7.25. The normalized spacial score (nSPS) is 17.8. The topological polar surface area (TPSA) is 39.1 Å². The Hall–Kier alpha value is -1.81. The van der Waals surface area contributed by atoms with E-state index in [1.54, 1.807) is 6.20 Å². The minimum absolute atomic E-state index is 0.499. The van der Waals surface area contributed by atoms with Crippen LogP contribution in [0.1, 0.15) is 30.0 Å². The van der Waals surface area contributed by atoms with E-state index in [9.17, 15) is 0 Å². The minimum Gasteiger partial charge on any atom is -0.492 e. The Morgan fingerprint density at radius 1 is 1.45 bits per heavy atom. The first-order valence-electron chi connectivity index (χ1n) is 7.25. The fourth-order valence-corrected chi connectivity index (χ4v) is 2.87. The highest BCUT2D eigenvalue weighted by Gasteiger charge is 2.18. The van der Waals surface area contributed by atoms with Gasteiger partial charge in [-0.15, -0.1) is 0 Å². The average molecular weight is 271 g/mol. The summed E-state index contributed by atoms with van der Waals surface area (Å²) >= 11 is 0. The van der Waals surface area contributed by atoms with E-state index in [0.717, 1.165) is 18.7 Å². The van der Waals surface area contributed by atoms with Crippen molar-refractivity contribution in [2.75, 3.05) is 13.7 Å². The van der Waals surface area contributed by atoms with Gasteiger partial charge in [-0.1, -0.05) is 6.07 Å². The highest BCUT2D eigenvalue weighted by Crippen LogP contribution is 2.31. The standard InChI is InChI=1S/C16H21N3O/c1-17-16-4-2-3-13-11-14(5-6-15(13)16)20-10-9-19-8-7-18-12-19/h5-8,11-12,16-17H,2-4,9-10H2,1H3. The van der Waals surface area contributed by atoms with E-state index in [1.807, 2.05) is 24.1 Å². The van der Waals surface area contributed by atoms with Crippen molar-refractivity contribution < 1.29 is 4.74 Å². The van der Waals surface area contributed by atoms with Crippen LogP contribution in [-0.2, 0) is 13.0 Å². The summed E-state index contributed by atoms with van der Waals surface area (Å²) in [4.78, 5) is 4.02. The highest BCUT2D eigenvalue weighted by atomic mass is 16.5. The number of fused-ring (bicyclic) bond motifs is 1. The lowest BCUT2D eigenvalue weighted by Crippen LogP contribution is -2.21. The van der Waals surface area contributed by atoms with Gasteiger partial charge in [0.05, 0.1) is 12.9 Å². The number of nitrogens with one attached hydrogen (secondary N) is 1. The molecule has 106 valence electrons. The summed E-state index contributed by atoms with van der Waals surface area (Å²) in [5.74, 6) is 0.973. The molecule has 1 aliphatic rings. The van der Waals surface area contributed by atoms with Gasteiger partial charge in [0.15, 0.2) is 0 Å². The van der Waals surface area contributed by atoms with E-state index < -0.39 is 0 Å². The van der Waals surface area contributed by atoms with Crippen LogP contribution in [0.25, 0.3) is 0 Å². The van der Waals surface area contributed by atoms with Crippen LogP contribution in [0.2, 0.25) is 0 Å². The van der Waals surface area contributed by atoms with Gasteiger partial charge < -0.3 is 14.6 Å². The van der Waals surface area contributed by atoms with E-state index in [2.05, 4.69) is 28.5 Å². The molecule has 1 aromatic heterocycles. The Morgan fingerprint density at radius 3 is 3.20 bits per heavy atom. The lowest BCUT2D eigenvalue weighted by Gasteiger charge is -2.25. The number of hydrogen-bond acceptors (Lipinski definition) is 3. The molecule has 2 aromatic rings. The van der Waals surface area contributed by atoms with Crippen LogP contribution in [0.15, 0.2) is 36.9 Å². The number of aromatic nitrogens is 2. The third kappa shape index (κ3) is 2.85. The molecule has 4 nitrogen and oxygen atoms in total. The predicted octanol–water partition coefficient (Wildman–Crippen LogP) is 2.56. The fraction of sp³-hybridized carbons (Fsp3) is 0.438. The van der Waals surface area contributed by atoms with E-state index in [1.165, 1.54) is 24.0 Å². The number of imidazole rings is 1. The minimum atomic E-state index is 0.499. The molecular weight excluding hydrogens is 250 g/mol. The van der Waals surface area contributed by atoms with E-state index in [0.29, 0.717) is 12.6 Å². The maximum absolute atomic E-state index is 5.85. The van der Waals surface area contributed by atoms with Crippen molar-refractivity contribution in [2.45, 2.75) is 31.8 Å². The number of aryl methyl sites for hydroxylation is 1. The molecule has 1 unspecified atom stereocenters. The molecule has 1 heterocycles. The van der Waals surface area contributed by atoms with E-state index >= 15 is 0 Å². The Kier molecular flexibility index (Phi) is 4.02. The zero-order valence-electron chi connectivity index (χ0n) is 11.9. The van der Waals surface area contributed by atoms with Gasteiger partial charge in [-0.25, -0.2) is 4.98 Å². The van der Waals surface area contributed by atoms with Crippen LogP contribution in [0, 0.1) is 0 Å². The number of nitrogens with zero attached hydrogens (tertiary/aromatic N) is 2. The van der Waals surface area contributed by atoms with Crippen LogP contribution in [-0.4, -0.2) is 23.2 Å². The van der Waals surface area contributed by atoms with Gasteiger partial charge in [0.2, 0.25) is 0 Å². The zero-order chi connectivity index (χ0) is 13.8. The summed E-state index contributed by atoms with van der Waals surface area (Å²) in [5.41, 5.74) is 2.86. The Bertz CT molecular complexity index is 551. The van der Waals surface area contributed by atoms with Gasteiger partial charge in [0, 0.05) is 18.4 Å². The van der Waals surface area contributed by atoms with Crippen molar-refractivity contribution in [2.24, 2.45) is 0 Å². The van der Waals surface area contributed by atoms with Crippen LogP contribution in [0.5, 0.6) is 5.75 Å². The second-order valence-electron chi connectivity index (χ2n) is 5.24. The molecule has 0 fully saturated rings. The largest absolute Gasteiger partial charge is 0.492 e. The van der Waals surface area contributed by atoms with Gasteiger partial charge in [-0.2, -0.15) is 0 Å². The Morgan fingerprint density at radius 2 is 2.40 bits per heavy atom. The molecular formula is C16H21N3O. The quantitative estimate of drug-likeness (QED) is 0.908. The molecule has 0 amide bonds. The Balaban J connectivity index is 1.63. The van der Waals surface area contributed by atoms with Crippen molar-refractivity contribution >= 4 is 0 Å². The molecule has 3 rings (SSSR count). The summed E-state index contributed by atoms with van der Waals surface area (Å²) in [5, 5.41) is 3.39. The van der Waals surface area contributed by atoms with Crippen molar-refractivity contribution in [1.29, 1.82) is 0 Å². The number of benzene rings is 1. The smallest absolute Gasteiger partial charge is 0.119 e. The molecule has 0 bridgehead atoms. The van der Waals surface area contributed by atoms with Gasteiger partial charge in [0.25, 0.3) is 0 Å². The first-order chi connectivity index (χ1) is 9.86. The molecule has 4 heteroatoms. The molecule has 1 aromatic carbocycles. The van der Waals surface area contributed by atoms with Crippen LogP contribution in [0.3, 0.4) is 0 Å². The molecule has 0 aliphatic heterocycles. The zero-order valence-corrected chi connectivity index (χ0v) is 11.9. The Labute approximate surface area is 119 Å². The molecule has 0 saturated heterocycles. The molecule has 20 heavy (non-hydrogen) atoms. The highest BCUT2D eigenvalue weighted by molar-refractivity contribution is 5.39. The third-order valence-electron chi connectivity index (χ3n) is 3.95. The summed E-state index contributed by atoms with van der Waals surface area (Å²) in [6.07, 6.45) is 9.19. The van der Waals surface area contributed by atoms with Crippen LogP contribution < -0.4 is 10.1 Å². The van der Waals surface area contributed by atoms with Crippen molar-refractivity contribution in [1.82, 2.24) is 14.9 Å². The molecule has 0 saturated carbocycles. The first kappa shape index (κ1) is 13.2. The lowest BCUT2D eigenvalue weighted by atomic mass is 9.87. The second-order valence-corrected chi connectivity index (χ2v) is 5.24. The number of ether oxygens (including phenoxy) is 1. The predicted molar refractivity (Wildman–Crippen MR) is 78.9 cm³/mol. The fourth-order valence-electron chi connectivity index (χ4n) is 2.87. The summed E-state index contributed by atoms with van der Waals surface area (Å²) in [6, 6.07) is 7.00. The summed E-state index contributed by atoms with van der Waals surface area (Å²) in [7, 11) is 2.04. The van der Waals surface area contributed by atoms with Crippen LogP contribution >= 0.6 is 0 Å².